The lowest BCUT2D eigenvalue weighted by atomic mass is 9.96. The molecule has 0 radical (unpaired) electrons. The molecule has 4 nitrogen and oxygen atoms in total. The number of nitrogens with zero attached hydrogens (tertiary/aromatic N) is 3. The first-order chi connectivity index (χ1) is 24.3. The number of rotatable bonds is 6. The van der Waals surface area contributed by atoms with Crippen LogP contribution < -0.4 is 0 Å². The molecule has 4 heteroatoms. The number of para-hydroxylation sites is 1. The second-order valence-electron chi connectivity index (χ2n) is 12.1. The standard InChI is InChI=1S/C45H29N3O/c1-4-12-30(13-5-1)32-20-22-34(23-21-32)37-28-39(42-38-18-10-11-19-40(38)49-41(42)29-37)45-47-43(35-16-8-3-9-17-35)46-44(48-45)36-26-24-33(25-27-36)31-14-6-2-7-15-31/h1-29H. The van der Waals surface area contributed by atoms with E-state index in [0.717, 1.165) is 55.3 Å². The van der Waals surface area contributed by atoms with Crippen LogP contribution in [0.3, 0.4) is 0 Å². The molecule has 0 aliphatic rings. The molecule has 7 aromatic carbocycles. The zero-order valence-electron chi connectivity index (χ0n) is 26.5. The van der Waals surface area contributed by atoms with Gasteiger partial charge in [0.15, 0.2) is 17.5 Å². The van der Waals surface area contributed by atoms with Gasteiger partial charge in [-0.05, 0) is 51.6 Å². The third-order valence-electron chi connectivity index (χ3n) is 8.96. The van der Waals surface area contributed by atoms with Crippen molar-refractivity contribution in [2.75, 3.05) is 0 Å². The Morgan fingerprint density at radius 3 is 1.29 bits per heavy atom. The van der Waals surface area contributed by atoms with Crippen LogP contribution in [0.15, 0.2) is 180 Å². The van der Waals surface area contributed by atoms with Gasteiger partial charge in [-0.2, -0.15) is 0 Å². The summed E-state index contributed by atoms with van der Waals surface area (Å²) in [5.41, 5.74) is 11.1. The first-order valence-electron chi connectivity index (χ1n) is 16.4. The van der Waals surface area contributed by atoms with Gasteiger partial charge < -0.3 is 4.42 Å². The van der Waals surface area contributed by atoms with Gasteiger partial charge in [0.1, 0.15) is 11.2 Å². The monoisotopic (exact) mass is 627 g/mol. The lowest BCUT2D eigenvalue weighted by Gasteiger charge is -2.12. The Kier molecular flexibility index (Phi) is 7.10. The van der Waals surface area contributed by atoms with E-state index >= 15 is 0 Å². The van der Waals surface area contributed by atoms with E-state index in [-0.39, 0.29) is 0 Å². The molecule has 0 atom stereocenters. The van der Waals surface area contributed by atoms with Gasteiger partial charge in [0.05, 0.1) is 0 Å². The highest BCUT2D eigenvalue weighted by Gasteiger charge is 2.20. The fourth-order valence-electron chi connectivity index (χ4n) is 6.47. The zero-order valence-corrected chi connectivity index (χ0v) is 26.5. The van der Waals surface area contributed by atoms with Crippen molar-refractivity contribution in [1.29, 1.82) is 0 Å². The molecule has 0 spiro atoms. The van der Waals surface area contributed by atoms with Crippen LogP contribution in [0, 0.1) is 0 Å². The van der Waals surface area contributed by atoms with Crippen LogP contribution in [0.1, 0.15) is 0 Å². The van der Waals surface area contributed by atoms with Crippen LogP contribution in [0.5, 0.6) is 0 Å². The molecule has 0 amide bonds. The average Bonchev–Trinajstić information content (AvgIpc) is 3.57. The van der Waals surface area contributed by atoms with Crippen LogP contribution in [0.4, 0.5) is 0 Å². The maximum atomic E-state index is 6.48. The van der Waals surface area contributed by atoms with Gasteiger partial charge in [-0.1, -0.05) is 158 Å². The van der Waals surface area contributed by atoms with Crippen LogP contribution in [-0.2, 0) is 0 Å². The van der Waals surface area contributed by atoms with Crippen molar-refractivity contribution in [1.82, 2.24) is 15.0 Å². The number of furan rings is 1. The molecule has 2 heterocycles. The number of hydrogen-bond acceptors (Lipinski definition) is 4. The maximum absolute atomic E-state index is 6.48. The van der Waals surface area contributed by atoms with Gasteiger partial charge in [-0.15, -0.1) is 0 Å². The van der Waals surface area contributed by atoms with E-state index in [1.54, 1.807) is 0 Å². The van der Waals surface area contributed by atoms with Crippen LogP contribution in [0.25, 0.3) is 89.5 Å². The second kappa shape index (κ2) is 12.2. The molecule has 0 aliphatic carbocycles. The van der Waals surface area contributed by atoms with Crippen molar-refractivity contribution in [3.8, 4) is 67.5 Å². The Morgan fingerprint density at radius 1 is 0.306 bits per heavy atom. The molecule has 0 fully saturated rings. The van der Waals surface area contributed by atoms with Crippen molar-refractivity contribution in [3.05, 3.63) is 176 Å². The first-order valence-corrected chi connectivity index (χ1v) is 16.4. The number of aromatic nitrogens is 3. The lowest BCUT2D eigenvalue weighted by molar-refractivity contribution is 0.669. The van der Waals surface area contributed by atoms with E-state index in [0.29, 0.717) is 17.5 Å². The minimum absolute atomic E-state index is 0.593. The van der Waals surface area contributed by atoms with Crippen molar-refractivity contribution in [2.45, 2.75) is 0 Å². The van der Waals surface area contributed by atoms with Crippen molar-refractivity contribution in [3.63, 3.8) is 0 Å². The predicted molar refractivity (Wildman–Crippen MR) is 200 cm³/mol. The van der Waals surface area contributed by atoms with Crippen LogP contribution >= 0.6 is 0 Å². The minimum atomic E-state index is 0.593. The van der Waals surface area contributed by atoms with Gasteiger partial charge in [0.2, 0.25) is 0 Å². The van der Waals surface area contributed by atoms with Crippen molar-refractivity contribution >= 4 is 21.9 Å². The van der Waals surface area contributed by atoms with E-state index in [1.807, 2.05) is 60.7 Å². The SMILES string of the molecule is c1ccc(-c2ccc(-c3cc(-c4nc(-c5ccccc5)nc(-c5ccc(-c6ccccc6)cc5)n4)c4c(c3)oc3ccccc34)cc2)cc1. The summed E-state index contributed by atoms with van der Waals surface area (Å²) in [6.07, 6.45) is 0. The Morgan fingerprint density at radius 2 is 0.714 bits per heavy atom. The van der Waals surface area contributed by atoms with E-state index in [4.69, 9.17) is 19.4 Å². The highest BCUT2D eigenvalue weighted by atomic mass is 16.3. The van der Waals surface area contributed by atoms with Crippen molar-refractivity contribution in [2.24, 2.45) is 0 Å². The van der Waals surface area contributed by atoms with Crippen LogP contribution in [0.2, 0.25) is 0 Å². The van der Waals surface area contributed by atoms with Crippen molar-refractivity contribution < 1.29 is 4.42 Å². The number of benzene rings is 7. The first kappa shape index (κ1) is 28.6. The summed E-state index contributed by atoms with van der Waals surface area (Å²) in [7, 11) is 0. The molecule has 49 heavy (non-hydrogen) atoms. The highest BCUT2D eigenvalue weighted by molar-refractivity contribution is 6.13. The maximum Gasteiger partial charge on any atom is 0.164 e. The summed E-state index contributed by atoms with van der Waals surface area (Å²) in [5.74, 6) is 1.82. The third kappa shape index (κ3) is 5.45. The molecule has 0 bridgehead atoms. The Bertz CT molecular complexity index is 2560. The van der Waals surface area contributed by atoms with Crippen LogP contribution in [-0.4, -0.2) is 15.0 Å². The van der Waals surface area contributed by atoms with Gasteiger partial charge >= 0.3 is 0 Å². The van der Waals surface area contributed by atoms with E-state index in [1.165, 1.54) is 16.7 Å². The summed E-state index contributed by atoms with van der Waals surface area (Å²) < 4.78 is 6.48. The predicted octanol–water partition coefficient (Wildman–Crippen LogP) is 11.8. The van der Waals surface area contributed by atoms with Gasteiger partial charge in [0, 0.05) is 27.5 Å². The third-order valence-corrected chi connectivity index (χ3v) is 8.96. The Balaban J connectivity index is 1.24. The summed E-state index contributed by atoms with van der Waals surface area (Å²) >= 11 is 0. The molecule has 9 rings (SSSR count). The smallest absolute Gasteiger partial charge is 0.164 e. The number of hydrogen-bond donors (Lipinski definition) is 0. The van der Waals surface area contributed by atoms with E-state index in [2.05, 4.69) is 115 Å². The average molecular weight is 628 g/mol. The Labute approximate surface area is 284 Å². The van der Waals surface area contributed by atoms with Gasteiger partial charge in [-0.25, -0.2) is 15.0 Å². The highest BCUT2D eigenvalue weighted by Crippen LogP contribution is 2.40. The molecule has 0 N–H and O–H groups in total. The summed E-state index contributed by atoms with van der Waals surface area (Å²) in [6, 6.07) is 60.4. The lowest BCUT2D eigenvalue weighted by Crippen LogP contribution is -2.00. The zero-order chi connectivity index (χ0) is 32.6. The summed E-state index contributed by atoms with van der Waals surface area (Å²) in [4.78, 5) is 15.3. The minimum Gasteiger partial charge on any atom is -0.456 e. The molecule has 230 valence electrons. The summed E-state index contributed by atoms with van der Waals surface area (Å²) in [6.45, 7) is 0. The normalized spacial score (nSPS) is 11.3. The van der Waals surface area contributed by atoms with Gasteiger partial charge in [-0.3, -0.25) is 0 Å². The second-order valence-corrected chi connectivity index (χ2v) is 12.1. The van der Waals surface area contributed by atoms with E-state index < -0.39 is 0 Å². The summed E-state index contributed by atoms with van der Waals surface area (Å²) in [5, 5.41) is 2.00. The van der Waals surface area contributed by atoms with E-state index in [9.17, 15) is 0 Å². The molecule has 9 aromatic rings. The molecule has 0 saturated carbocycles. The molecule has 0 saturated heterocycles. The van der Waals surface area contributed by atoms with Gasteiger partial charge in [0.25, 0.3) is 0 Å². The molecular formula is C45H29N3O. The Hall–Kier alpha value is -6.65. The quantitative estimate of drug-likeness (QED) is 0.184. The fourth-order valence-corrected chi connectivity index (χ4v) is 6.47. The molecule has 2 aromatic heterocycles. The topological polar surface area (TPSA) is 51.8 Å². The molecule has 0 aliphatic heterocycles. The molecular weight excluding hydrogens is 599 g/mol. The number of fused-ring (bicyclic) bond motifs is 3. The fraction of sp³-hybridized carbons (Fsp3) is 0. The largest absolute Gasteiger partial charge is 0.456 e. The molecule has 0 unspecified atom stereocenters.